The summed E-state index contributed by atoms with van der Waals surface area (Å²) in [5.41, 5.74) is 1.83. The van der Waals surface area contributed by atoms with E-state index in [-0.39, 0.29) is 11.8 Å². The van der Waals surface area contributed by atoms with Gasteiger partial charge in [-0.05, 0) is 53.6 Å². The molecule has 0 aromatic heterocycles. The van der Waals surface area contributed by atoms with E-state index in [2.05, 4.69) is 6.58 Å². The second-order valence-corrected chi connectivity index (χ2v) is 10.3. The third kappa shape index (κ3) is 6.58. The lowest BCUT2D eigenvalue weighted by molar-refractivity contribution is 0.355. The predicted octanol–water partition coefficient (Wildman–Crippen LogP) is 5.27. The number of ether oxygens (including phenoxy) is 2. The Kier molecular flexibility index (Phi) is 9.14. The zero-order valence-electron chi connectivity index (χ0n) is 19.2. The van der Waals surface area contributed by atoms with Gasteiger partial charge >= 0.3 is 0 Å². The average Bonchev–Trinajstić information content (AvgIpc) is 2.74. The SMILES string of the molecule is C=CC[C@H](C)[C@@H](C(C)C)S(=O)(=O)N(Cc1ccc(OC)cc1)Cc1ccc(OC)cc1. The molecule has 2 atom stereocenters. The van der Waals surface area contributed by atoms with Crippen molar-refractivity contribution in [3.63, 3.8) is 0 Å². The molecular weight excluding hydrogens is 410 g/mol. The molecule has 0 radical (unpaired) electrons. The van der Waals surface area contributed by atoms with Gasteiger partial charge in [0.1, 0.15) is 11.5 Å². The van der Waals surface area contributed by atoms with Gasteiger partial charge in [0.25, 0.3) is 0 Å². The van der Waals surface area contributed by atoms with Crippen molar-refractivity contribution in [2.45, 2.75) is 45.5 Å². The largest absolute Gasteiger partial charge is 0.497 e. The average molecular weight is 446 g/mol. The molecule has 0 N–H and O–H groups in total. The number of benzene rings is 2. The lowest BCUT2D eigenvalue weighted by Crippen LogP contribution is -2.43. The Morgan fingerprint density at radius 2 is 1.29 bits per heavy atom. The summed E-state index contributed by atoms with van der Waals surface area (Å²) in [6, 6.07) is 15.1. The Balaban J connectivity index is 2.42. The van der Waals surface area contributed by atoms with Crippen LogP contribution in [0.2, 0.25) is 0 Å². The highest BCUT2D eigenvalue weighted by Crippen LogP contribution is 2.29. The molecule has 0 aliphatic carbocycles. The standard InChI is InChI=1S/C25H35NO4S/c1-7-8-20(4)25(19(2)3)31(27,28)26(17-21-9-13-23(29-5)14-10-21)18-22-11-15-24(30-6)16-12-22/h7,9-16,19-20,25H,1,8,17-18H2,2-6H3/t20-,25+/m0/s1. The van der Waals surface area contributed by atoms with Crippen LogP contribution in [0.1, 0.15) is 38.3 Å². The normalized spacial score (nSPS) is 13.8. The zero-order chi connectivity index (χ0) is 23.0. The van der Waals surface area contributed by atoms with Crippen LogP contribution < -0.4 is 9.47 Å². The Labute approximate surface area is 187 Å². The number of allylic oxidation sites excluding steroid dienone is 1. The first-order chi connectivity index (χ1) is 14.7. The van der Waals surface area contributed by atoms with Crippen molar-refractivity contribution in [1.82, 2.24) is 4.31 Å². The van der Waals surface area contributed by atoms with Crippen LogP contribution >= 0.6 is 0 Å². The minimum atomic E-state index is -3.59. The third-order valence-electron chi connectivity index (χ3n) is 5.50. The second kappa shape index (κ2) is 11.3. The van der Waals surface area contributed by atoms with Crippen LogP contribution in [0.3, 0.4) is 0 Å². The molecule has 170 valence electrons. The van der Waals surface area contributed by atoms with E-state index in [9.17, 15) is 8.42 Å². The van der Waals surface area contributed by atoms with E-state index >= 15 is 0 Å². The molecule has 2 rings (SSSR count). The van der Waals surface area contributed by atoms with Crippen LogP contribution in [0.5, 0.6) is 11.5 Å². The fraction of sp³-hybridized carbons (Fsp3) is 0.440. The van der Waals surface area contributed by atoms with Gasteiger partial charge in [-0.1, -0.05) is 51.1 Å². The fourth-order valence-corrected chi connectivity index (χ4v) is 6.36. The number of methoxy groups -OCH3 is 2. The Morgan fingerprint density at radius 3 is 1.61 bits per heavy atom. The molecule has 0 bridgehead atoms. The van der Waals surface area contributed by atoms with Crippen molar-refractivity contribution in [3.05, 3.63) is 72.3 Å². The van der Waals surface area contributed by atoms with Crippen LogP contribution in [-0.2, 0) is 23.1 Å². The first-order valence-corrected chi connectivity index (χ1v) is 12.1. The minimum Gasteiger partial charge on any atom is -0.497 e. The van der Waals surface area contributed by atoms with Gasteiger partial charge in [-0.25, -0.2) is 8.42 Å². The molecule has 0 fully saturated rings. The second-order valence-electron chi connectivity index (χ2n) is 8.22. The van der Waals surface area contributed by atoms with Gasteiger partial charge in [0.15, 0.2) is 0 Å². The van der Waals surface area contributed by atoms with E-state index in [1.165, 1.54) is 0 Å². The van der Waals surface area contributed by atoms with E-state index in [0.717, 1.165) is 22.6 Å². The Morgan fingerprint density at radius 1 is 0.871 bits per heavy atom. The maximum Gasteiger partial charge on any atom is 0.218 e. The number of hydrogen-bond donors (Lipinski definition) is 0. The van der Waals surface area contributed by atoms with Gasteiger partial charge < -0.3 is 9.47 Å². The van der Waals surface area contributed by atoms with E-state index in [0.29, 0.717) is 19.5 Å². The molecule has 0 aliphatic heterocycles. The zero-order valence-corrected chi connectivity index (χ0v) is 20.1. The summed E-state index contributed by atoms with van der Waals surface area (Å²) in [5.74, 6) is 1.44. The fourth-order valence-electron chi connectivity index (χ4n) is 3.97. The predicted molar refractivity (Wildman–Crippen MR) is 127 cm³/mol. The molecule has 5 nitrogen and oxygen atoms in total. The highest BCUT2D eigenvalue weighted by Gasteiger charge is 2.37. The third-order valence-corrected chi connectivity index (χ3v) is 8.17. The van der Waals surface area contributed by atoms with Gasteiger partial charge in [0.2, 0.25) is 10.0 Å². The lowest BCUT2D eigenvalue weighted by Gasteiger charge is -2.33. The van der Waals surface area contributed by atoms with Crippen molar-refractivity contribution < 1.29 is 17.9 Å². The number of sulfonamides is 1. The van der Waals surface area contributed by atoms with Gasteiger partial charge in [-0.15, -0.1) is 6.58 Å². The highest BCUT2D eigenvalue weighted by molar-refractivity contribution is 7.89. The van der Waals surface area contributed by atoms with Crippen molar-refractivity contribution in [1.29, 1.82) is 0 Å². The topological polar surface area (TPSA) is 55.8 Å². The van der Waals surface area contributed by atoms with Crippen LogP contribution in [0.15, 0.2) is 61.2 Å². The molecule has 0 heterocycles. The van der Waals surface area contributed by atoms with Crippen LogP contribution in [-0.4, -0.2) is 32.2 Å². The van der Waals surface area contributed by atoms with E-state index < -0.39 is 15.3 Å². The van der Waals surface area contributed by atoms with Gasteiger partial charge in [0.05, 0.1) is 19.5 Å². The highest BCUT2D eigenvalue weighted by atomic mass is 32.2. The molecule has 2 aromatic rings. The molecule has 0 saturated heterocycles. The molecule has 0 spiro atoms. The van der Waals surface area contributed by atoms with Crippen LogP contribution in [0.25, 0.3) is 0 Å². The first-order valence-electron chi connectivity index (χ1n) is 10.6. The lowest BCUT2D eigenvalue weighted by atomic mass is 9.95. The number of hydrogen-bond acceptors (Lipinski definition) is 4. The van der Waals surface area contributed by atoms with E-state index in [4.69, 9.17) is 9.47 Å². The minimum absolute atomic E-state index is 0.0193. The molecule has 0 amide bonds. The number of rotatable bonds is 12. The molecule has 31 heavy (non-hydrogen) atoms. The summed E-state index contributed by atoms with van der Waals surface area (Å²) in [7, 11) is -0.359. The van der Waals surface area contributed by atoms with Crippen LogP contribution in [0, 0.1) is 11.8 Å². The van der Waals surface area contributed by atoms with Crippen molar-refractivity contribution >= 4 is 10.0 Å². The molecule has 0 saturated carbocycles. The quantitative estimate of drug-likeness (QED) is 0.418. The summed E-state index contributed by atoms with van der Waals surface area (Å²) < 4.78 is 39.8. The molecule has 2 aromatic carbocycles. The van der Waals surface area contributed by atoms with Gasteiger partial charge in [0, 0.05) is 13.1 Å². The summed E-state index contributed by atoms with van der Waals surface area (Å²) in [6.45, 7) is 10.3. The van der Waals surface area contributed by atoms with Gasteiger partial charge in [-0.2, -0.15) is 4.31 Å². The molecule has 6 heteroatoms. The molecule has 0 aliphatic rings. The first kappa shape index (κ1) is 25.0. The summed E-state index contributed by atoms with van der Waals surface area (Å²) in [5, 5.41) is -0.498. The van der Waals surface area contributed by atoms with E-state index in [1.54, 1.807) is 24.6 Å². The van der Waals surface area contributed by atoms with Crippen molar-refractivity contribution in [2.24, 2.45) is 11.8 Å². The monoisotopic (exact) mass is 445 g/mol. The summed E-state index contributed by atoms with van der Waals surface area (Å²) in [4.78, 5) is 0. The van der Waals surface area contributed by atoms with Crippen molar-refractivity contribution in [3.8, 4) is 11.5 Å². The maximum atomic E-state index is 13.9. The maximum absolute atomic E-state index is 13.9. The van der Waals surface area contributed by atoms with Gasteiger partial charge in [-0.3, -0.25) is 0 Å². The van der Waals surface area contributed by atoms with Crippen LogP contribution in [0.4, 0.5) is 0 Å². The Bertz CT molecular complexity index is 871. The summed E-state index contributed by atoms with van der Waals surface area (Å²) >= 11 is 0. The van der Waals surface area contributed by atoms with Crippen molar-refractivity contribution in [2.75, 3.05) is 14.2 Å². The van der Waals surface area contributed by atoms with E-state index in [1.807, 2.05) is 69.3 Å². The molecular formula is C25H35NO4S. The smallest absolute Gasteiger partial charge is 0.218 e. The Hall–Kier alpha value is -2.31. The summed E-state index contributed by atoms with van der Waals surface area (Å²) in [6.07, 6.45) is 2.45. The molecule has 0 unspecified atom stereocenters. The number of nitrogens with zero attached hydrogens (tertiary/aromatic N) is 1.